The Morgan fingerprint density at radius 1 is 0.958 bits per heavy atom. The number of nitrogen functional groups attached to an aromatic ring is 1. The van der Waals surface area contributed by atoms with Crippen LogP contribution in [0.15, 0.2) is 54.9 Å². The Hall–Kier alpha value is -3.21. The lowest BCUT2D eigenvalue weighted by Crippen LogP contribution is -2.00. The summed E-state index contributed by atoms with van der Waals surface area (Å²) in [6, 6.07) is 14.1. The first-order valence-electron chi connectivity index (χ1n) is 7.76. The standard InChI is InChI=1S/C19H17N5/c1-12-4-3-5-19(23-12)24-18-9-14(6-7-15(18)11-22-24)16-8-17(20)13(2)21-10-16/h3-11H,20H2,1-2H3. The van der Waals surface area contributed by atoms with Crippen molar-refractivity contribution in [2.75, 3.05) is 5.73 Å². The van der Waals surface area contributed by atoms with Crippen LogP contribution in [0.25, 0.3) is 27.8 Å². The molecule has 4 aromatic rings. The van der Waals surface area contributed by atoms with Crippen LogP contribution in [0.4, 0.5) is 5.69 Å². The smallest absolute Gasteiger partial charge is 0.154 e. The van der Waals surface area contributed by atoms with E-state index in [0.717, 1.165) is 39.2 Å². The first-order chi connectivity index (χ1) is 11.6. The van der Waals surface area contributed by atoms with E-state index in [-0.39, 0.29) is 0 Å². The third-order valence-electron chi connectivity index (χ3n) is 4.12. The van der Waals surface area contributed by atoms with Crippen LogP contribution in [-0.2, 0) is 0 Å². The molecule has 3 heterocycles. The Morgan fingerprint density at radius 3 is 2.62 bits per heavy atom. The number of hydrogen-bond donors (Lipinski definition) is 1. The number of anilines is 1. The maximum atomic E-state index is 6.00. The van der Waals surface area contributed by atoms with Crippen molar-refractivity contribution in [1.82, 2.24) is 19.7 Å². The molecule has 0 atom stereocenters. The van der Waals surface area contributed by atoms with E-state index in [4.69, 9.17) is 5.73 Å². The second kappa shape index (κ2) is 5.45. The second-order valence-electron chi connectivity index (χ2n) is 5.87. The first-order valence-corrected chi connectivity index (χ1v) is 7.76. The van der Waals surface area contributed by atoms with E-state index >= 15 is 0 Å². The fraction of sp³-hybridized carbons (Fsp3) is 0.105. The summed E-state index contributed by atoms with van der Waals surface area (Å²) in [7, 11) is 0. The van der Waals surface area contributed by atoms with Crippen molar-refractivity contribution in [1.29, 1.82) is 0 Å². The van der Waals surface area contributed by atoms with E-state index < -0.39 is 0 Å². The Balaban J connectivity index is 1.88. The van der Waals surface area contributed by atoms with Gasteiger partial charge in [0.25, 0.3) is 0 Å². The van der Waals surface area contributed by atoms with Crippen molar-refractivity contribution in [3.05, 3.63) is 66.2 Å². The van der Waals surface area contributed by atoms with Gasteiger partial charge >= 0.3 is 0 Å². The van der Waals surface area contributed by atoms with Crippen LogP contribution in [0.3, 0.4) is 0 Å². The Kier molecular flexibility index (Phi) is 3.27. The largest absolute Gasteiger partial charge is 0.397 e. The molecule has 0 spiro atoms. The van der Waals surface area contributed by atoms with Crippen LogP contribution in [0, 0.1) is 13.8 Å². The fourth-order valence-electron chi connectivity index (χ4n) is 2.74. The third-order valence-corrected chi connectivity index (χ3v) is 4.12. The maximum absolute atomic E-state index is 6.00. The Labute approximate surface area is 139 Å². The number of aromatic nitrogens is 4. The molecule has 0 fully saturated rings. The van der Waals surface area contributed by atoms with Crippen molar-refractivity contribution >= 4 is 16.6 Å². The molecule has 1 aromatic carbocycles. The Bertz CT molecular complexity index is 1050. The molecule has 5 heteroatoms. The first kappa shape index (κ1) is 14.4. The molecule has 118 valence electrons. The summed E-state index contributed by atoms with van der Waals surface area (Å²) in [6.07, 6.45) is 3.70. The minimum Gasteiger partial charge on any atom is -0.397 e. The number of aryl methyl sites for hydroxylation is 2. The quantitative estimate of drug-likeness (QED) is 0.612. The van der Waals surface area contributed by atoms with Gasteiger partial charge < -0.3 is 5.73 Å². The van der Waals surface area contributed by atoms with Crippen molar-refractivity contribution in [2.45, 2.75) is 13.8 Å². The van der Waals surface area contributed by atoms with Crippen molar-refractivity contribution in [2.24, 2.45) is 0 Å². The lowest BCUT2D eigenvalue weighted by atomic mass is 10.1. The topological polar surface area (TPSA) is 69.6 Å². The minimum absolute atomic E-state index is 0.696. The zero-order valence-electron chi connectivity index (χ0n) is 13.6. The molecular weight excluding hydrogens is 298 g/mol. The van der Waals surface area contributed by atoms with Gasteiger partial charge in [-0.3, -0.25) is 4.98 Å². The summed E-state index contributed by atoms with van der Waals surface area (Å²) >= 11 is 0. The highest BCUT2D eigenvalue weighted by molar-refractivity contribution is 5.85. The van der Waals surface area contributed by atoms with Crippen LogP contribution >= 0.6 is 0 Å². The van der Waals surface area contributed by atoms with Crippen molar-refractivity contribution in [3.8, 4) is 16.9 Å². The van der Waals surface area contributed by atoms with E-state index in [0.29, 0.717) is 5.69 Å². The van der Waals surface area contributed by atoms with E-state index in [9.17, 15) is 0 Å². The van der Waals surface area contributed by atoms with Gasteiger partial charge in [0.15, 0.2) is 5.82 Å². The summed E-state index contributed by atoms with van der Waals surface area (Å²) in [4.78, 5) is 8.92. The molecule has 0 amide bonds. The van der Waals surface area contributed by atoms with Gasteiger partial charge in [-0.2, -0.15) is 5.10 Å². The van der Waals surface area contributed by atoms with Crippen LogP contribution in [0.1, 0.15) is 11.4 Å². The van der Waals surface area contributed by atoms with Gasteiger partial charge in [0, 0.05) is 22.8 Å². The summed E-state index contributed by atoms with van der Waals surface area (Å²) in [5.74, 6) is 0.809. The van der Waals surface area contributed by atoms with Gasteiger partial charge in [0.1, 0.15) is 0 Å². The molecule has 5 nitrogen and oxygen atoms in total. The second-order valence-corrected chi connectivity index (χ2v) is 5.87. The van der Waals surface area contributed by atoms with Gasteiger partial charge in [-0.15, -0.1) is 0 Å². The summed E-state index contributed by atoms with van der Waals surface area (Å²) in [5.41, 5.74) is 11.5. The highest BCUT2D eigenvalue weighted by atomic mass is 15.3. The van der Waals surface area contributed by atoms with E-state index in [1.807, 2.05) is 55.2 Å². The molecule has 0 radical (unpaired) electrons. The fourth-order valence-corrected chi connectivity index (χ4v) is 2.74. The predicted molar refractivity (Wildman–Crippen MR) is 96.0 cm³/mol. The van der Waals surface area contributed by atoms with Crippen molar-refractivity contribution < 1.29 is 0 Å². The SMILES string of the molecule is Cc1cccc(-n2ncc3ccc(-c4cnc(C)c(N)c4)cc32)n1. The molecule has 0 aliphatic rings. The minimum atomic E-state index is 0.696. The summed E-state index contributed by atoms with van der Waals surface area (Å²) < 4.78 is 1.86. The number of rotatable bonds is 2. The molecule has 3 aromatic heterocycles. The maximum Gasteiger partial charge on any atom is 0.154 e. The Morgan fingerprint density at radius 2 is 1.83 bits per heavy atom. The lowest BCUT2D eigenvalue weighted by Gasteiger charge is -2.07. The molecule has 0 bridgehead atoms. The van der Waals surface area contributed by atoms with Crippen LogP contribution in [0.5, 0.6) is 0 Å². The number of nitrogens with two attached hydrogens (primary N) is 1. The van der Waals surface area contributed by atoms with Crippen LogP contribution in [-0.4, -0.2) is 19.7 Å². The van der Waals surface area contributed by atoms with E-state index in [2.05, 4.69) is 33.3 Å². The van der Waals surface area contributed by atoms with E-state index in [1.165, 1.54) is 0 Å². The van der Waals surface area contributed by atoms with Crippen molar-refractivity contribution in [3.63, 3.8) is 0 Å². The molecular formula is C19H17N5. The van der Waals surface area contributed by atoms with Gasteiger partial charge in [-0.25, -0.2) is 9.67 Å². The normalized spacial score (nSPS) is 11.1. The lowest BCUT2D eigenvalue weighted by molar-refractivity contribution is 0.867. The molecule has 4 rings (SSSR count). The van der Waals surface area contributed by atoms with Gasteiger partial charge in [-0.1, -0.05) is 18.2 Å². The number of benzene rings is 1. The summed E-state index contributed by atoms with van der Waals surface area (Å²) in [6.45, 7) is 3.88. The number of hydrogen-bond acceptors (Lipinski definition) is 4. The molecule has 0 saturated carbocycles. The molecule has 2 N–H and O–H groups in total. The third kappa shape index (κ3) is 2.40. The average molecular weight is 315 g/mol. The zero-order chi connectivity index (χ0) is 16.7. The summed E-state index contributed by atoms with van der Waals surface area (Å²) in [5, 5.41) is 5.55. The monoisotopic (exact) mass is 315 g/mol. The van der Waals surface area contributed by atoms with E-state index in [1.54, 1.807) is 0 Å². The number of fused-ring (bicyclic) bond motifs is 1. The molecule has 0 aliphatic carbocycles. The van der Waals surface area contributed by atoms with Crippen LogP contribution in [0.2, 0.25) is 0 Å². The highest BCUT2D eigenvalue weighted by Crippen LogP contribution is 2.27. The highest BCUT2D eigenvalue weighted by Gasteiger charge is 2.09. The van der Waals surface area contributed by atoms with Crippen LogP contribution < -0.4 is 5.73 Å². The molecule has 0 aliphatic heterocycles. The van der Waals surface area contributed by atoms with Gasteiger partial charge in [0.05, 0.1) is 23.1 Å². The van der Waals surface area contributed by atoms with Gasteiger partial charge in [-0.05, 0) is 43.7 Å². The molecule has 24 heavy (non-hydrogen) atoms. The predicted octanol–water partition coefficient (Wildman–Crippen LogP) is 3.68. The molecule has 0 unspecified atom stereocenters. The van der Waals surface area contributed by atoms with Gasteiger partial charge in [0.2, 0.25) is 0 Å². The zero-order valence-corrected chi connectivity index (χ0v) is 13.6. The molecule has 0 saturated heterocycles. The number of nitrogens with zero attached hydrogens (tertiary/aromatic N) is 4. The number of pyridine rings is 2. The average Bonchev–Trinajstić information content (AvgIpc) is 3.00.